The van der Waals surface area contributed by atoms with Gasteiger partial charge in [-0.25, -0.2) is 9.48 Å². The zero-order chi connectivity index (χ0) is 21.3. The van der Waals surface area contributed by atoms with E-state index in [4.69, 9.17) is 9.84 Å². The first-order valence-electron chi connectivity index (χ1n) is 9.95. The van der Waals surface area contributed by atoms with Crippen molar-refractivity contribution in [2.24, 2.45) is 0 Å². The minimum Gasteiger partial charge on any atom is -0.450 e. The second kappa shape index (κ2) is 10.2. The fourth-order valence-corrected chi connectivity index (χ4v) is 3.05. The molecule has 1 heterocycles. The third-order valence-electron chi connectivity index (χ3n) is 4.54. The molecule has 2 aromatic carbocycles. The Hall–Kier alpha value is -3.61. The van der Waals surface area contributed by atoms with E-state index in [1.807, 2.05) is 67.6 Å². The van der Waals surface area contributed by atoms with Gasteiger partial charge in [-0.1, -0.05) is 54.6 Å². The highest BCUT2D eigenvalue weighted by Gasteiger charge is 2.14. The first kappa shape index (κ1) is 21.1. The number of carbonyl (C=O) groups is 2. The Morgan fingerprint density at radius 1 is 1.07 bits per heavy atom. The summed E-state index contributed by atoms with van der Waals surface area (Å²) >= 11 is 0. The number of aryl methyl sites for hydroxylation is 1. The van der Waals surface area contributed by atoms with Crippen molar-refractivity contribution in [1.29, 1.82) is 0 Å². The molecule has 0 spiro atoms. The van der Waals surface area contributed by atoms with Crippen LogP contribution in [0.2, 0.25) is 0 Å². The number of benzene rings is 2. The maximum Gasteiger partial charge on any atom is 0.407 e. The van der Waals surface area contributed by atoms with Gasteiger partial charge in [-0.05, 0) is 25.0 Å². The van der Waals surface area contributed by atoms with E-state index in [1.165, 1.54) is 0 Å². The van der Waals surface area contributed by atoms with E-state index in [2.05, 4.69) is 10.6 Å². The summed E-state index contributed by atoms with van der Waals surface area (Å²) in [4.78, 5) is 23.8. The molecule has 0 aliphatic rings. The Balaban J connectivity index is 1.76. The van der Waals surface area contributed by atoms with Crippen LogP contribution >= 0.6 is 0 Å². The molecule has 3 aromatic rings. The van der Waals surface area contributed by atoms with E-state index < -0.39 is 6.09 Å². The van der Waals surface area contributed by atoms with E-state index in [1.54, 1.807) is 11.6 Å². The molecule has 0 atom stereocenters. The van der Waals surface area contributed by atoms with Gasteiger partial charge in [-0.3, -0.25) is 4.79 Å². The maximum absolute atomic E-state index is 12.4. The molecule has 156 valence electrons. The Kier molecular flexibility index (Phi) is 7.21. The van der Waals surface area contributed by atoms with Crippen LogP contribution in [0.5, 0.6) is 0 Å². The smallest absolute Gasteiger partial charge is 0.407 e. The maximum atomic E-state index is 12.4. The van der Waals surface area contributed by atoms with Crippen molar-refractivity contribution < 1.29 is 14.3 Å². The zero-order valence-corrected chi connectivity index (χ0v) is 17.2. The Morgan fingerprint density at radius 2 is 1.80 bits per heavy atom. The number of nitrogens with zero attached hydrogens (tertiary/aromatic N) is 2. The SMILES string of the molecule is CCOC(=O)NCCC(=O)Nc1cc(-c2ccccc2C)nn1Cc1ccccc1. The normalized spacial score (nSPS) is 10.5. The van der Waals surface area contributed by atoms with Crippen LogP contribution < -0.4 is 10.6 Å². The number of hydrogen-bond acceptors (Lipinski definition) is 4. The molecule has 2 amide bonds. The van der Waals surface area contributed by atoms with Gasteiger partial charge < -0.3 is 15.4 Å². The lowest BCUT2D eigenvalue weighted by molar-refractivity contribution is -0.116. The molecule has 2 N–H and O–H groups in total. The third kappa shape index (κ3) is 5.70. The fraction of sp³-hybridized carbons (Fsp3) is 0.261. The van der Waals surface area contributed by atoms with Gasteiger partial charge in [0.25, 0.3) is 0 Å². The first-order valence-corrected chi connectivity index (χ1v) is 9.95. The number of carbonyl (C=O) groups excluding carboxylic acids is 2. The summed E-state index contributed by atoms with van der Waals surface area (Å²) in [5.41, 5.74) is 4.00. The second-order valence-electron chi connectivity index (χ2n) is 6.82. The van der Waals surface area contributed by atoms with Gasteiger partial charge >= 0.3 is 6.09 Å². The first-order chi connectivity index (χ1) is 14.6. The van der Waals surface area contributed by atoms with E-state index in [0.29, 0.717) is 19.0 Å². The highest BCUT2D eigenvalue weighted by Crippen LogP contribution is 2.25. The number of nitrogens with one attached hydrogen (secondary N) is 2. The lowest BCUT2D eigenvalue weighted by atomic mass is 10.1. The number of anilines is 1. The van der Waals surface area contributed by atoms with Gasteiger partial charge in [-0.2, -0.15) is 5.10 Å². The molecule has 7 nitrogen and oxygen atoms in total. The Bertz CT molecular complexity index is 999. The molecule has 0 fully saturated rings. The highest BCUT2D eigenvalue weighted by molar-refractivity contribution is 5.91. The van der Waals surface area contributed by atoms with Crippen molar-refractivity contribution in [3.05, 3.63) is 71.8 Å². The summed E-state index contributed by atoms with van der Waals surface area (Å²) in [5, 5.41) is 10.2. The molecule has 30 heavy (non-hydrogen) atoms. The van der Waals surface area contributed by atoms with Crippen LogP contribution in [0, 0.1) is 6.92 Å². The number of ether oxygens (including phenoxy) is 1. The summed E-state index contributed by atoms with van der Waals surface area (Å²) in [7, 11) is 0. The molecular formula is C23H26N4O3. The van der Waals surface area contributed by atoms with Crippen LogP contribution in [0.25, 0.3) is 11.3 Å². The topological polar surface area (TPSA) is 85.2 Å². The van der Waals surface area contributed by atoms with Crippen molar-refractivity contribution in [3.8, 4) is 11.3 Å². The Morgan fingerprint density at radius 3 is 2.53 bits per heavy atom. The molecule has 0 radical (unpaired) electrons. The molecule has 3 rings (SSSR count). The number of rotatable bonds is 8. The van der Waals surface area contributed by atoms with Crippen LogP contribution in [-0.4, -0.2) is 34.9 Å². The molecule has 0 bridgehead atoms. The van der Waals surface area contributed by atoms with Crippen LogP contribution in [-0.2, 0) is 16.1 Å². The zero-order valence-electron chi connectivity index (χ0n) is 17.2. The summed E-state index contributed by atoms with van der Waals surface area (Å²) in [6.45, 7) is 4.78. The summed E-state index contributed by atoms with van der Waals surface area (Å²) in [5.74, 6) is 0.399. The van der Waals surface area contributed by atoms with E-state index >= 15 is 0 Å². The fourth-order valence-electron chi connectivity index (χ4n) is 3.05. The van der Waals surface area contributed by atoms with Crippen molar-refractivity contribution in [2.75, 3.05) is 18.5 Å². The van der Waals surface area contributed by atoms with E-state index in [-0.39, 0.29) is 18.9 Å². The third-order valence-corrected chi connectivity index (χ3v) is 4.54. The lowest BCUT2D eigenvalue weighted by Crippen LogP contribution is -2.28. The van der Waals surface area contributed by atoms with Crippen molar-refractivity contribution in [2.45, 2.75) is 26.8 Å². The van der Waals surface area contributed by atoms with Crippen LogP contribution in [0.4, 0.5) is 10.6 Å². The second-order valence-corrected chi connectivity index (χ2v) is 6.82. The molecule has 1 aromatic heterocycles. The lowest BCUT2D eigenvalue weighted by Gasteiger charge is -2.09. The number of aromatic nitrogens is 2. The largest absolute Gasteiger partial charge is 0.450 e. The standard InChI is InChI=1S/C23H26N4O3/c1-3-30-23(29)24-14-13-22(28)25-21-15-20(19-12-8-7-9-17(19)2)26-27(21)16-18-10-5-4-6-11-18/h4-12,15H,3,13-14,16H2,1-2H3,(H,24,29)(H,25,28). The molecule has 7 heteroatoms. The van der Waals surface area contributed by atoms with Gasteiger partial charge in [0.15, 0.2) is 0 Å². The molecule has 0 unspecified atom stereocenters. The van der Waals surface area contributed by atoms with Crippen molar-refractivity contribution in [3.63, 3.8) is 0 Å². The minimum absolute atomic E-state index is 0.134. The predicted molar refractivity (Wildman–Crippen MR) is 116 cm³/mol. The van der Waals surface area contributed by atoms with E-state index in [0.717, 1.165) is 22.4 Å². The van der Waals surface area contributed by atoms with Crippen LogP contribution in [0.1, 0.15) is 24.5 Å². The molecule has 0 saturated heterocycles. The van der Waals surface area contributed by atoms with Crippen LogP contribution in [0.15, 0.2) is 60.7 Å². The summed E-state index contributed by atoms with van der Waals surface area (Å²) < 4.78 is 6.58. The van der Waals surface area contributed by atoms with Gasteiger partial charge in [0.1, 0.15) is 5.82 Å². The summed E-state index contributed by atoms with van der Waals surface area (Å²) in [6, 6.07) is 19.8. The quantitative estimate of drug-likeness (QED) is 0.593. The van der Waals surface area contributed by atoms with Gasteiger partial charge in [0.2, 0.25) is 5.91 Å². The van der Waals surface area contributed by atoms with Gasteiger partial charge in [-0.15, -0.1) is 0 Å². The predicted octanol–water partition coefficient (Wildman–Crippen LogP) is 3.98. The van der Waals surface area contributed by atoms with Crippen molar-refractivity contribution >= 4 is 17.8 Å². The molecule has 0 aliphatic carbocycles. The molecule has 0 aliphatic heterocycles. The molecular weight excluding hydrogens is 380 g/mol. The number of hydrogen-bond donors (Lipinski definition) is 2. The van der Waals surface area contributed by atoms with Gasteiger partial charge in [0.05, 0.1) is 18.8 Å². The van der Waals surface area contributed by atoms with E-state index in [9.17, 15) is 9.59 Å². The monoisotopic (exact) mass is 406 g/mol. The van der Waals surface area contributed by atoms with Crippen molar-refractivity contribution in [1.82, 2.24) is 15.1 Å². The molecule has 0 saturated carbocycles. The Labute approximate surface area is 176 Å². The summed E-state index contributed by atoms with van der Waals surface area (Å²) in [6.07, 6.45) is -0.393. The average molecular weight is 406 g/mol. The number of alkyl carbamates (subject to hydrolysis) is 1. The van der Waals surface area contributed by atoms with Crippen LogP contribution in [0.3, 0.4) is 0 Å². The minimum atomic E-state index is -0.527. The van der Waals surface area contributed by atoms with Gasteiger partial charge in [0, 0.05) is 24.6 Å². The average Bonchev–Trinajstić information content (AvgIpc) is 3.11. The number of amides is 2. The highest BCUT2D eigenvalue weighted by atomic mass is 16.5.